The molecule has 1 saturated carbocycles. The van der Waals surface area contributed by atoms with Gasteiger partial charge in [-0.2, -0.15) is 5.10 Å². The summed E-state index contributed by atoms with van der Waals surface area (Å²) in [5, 5.41) is 11.8. The number of nitrogen functional groups attached to an aromatic ring is 1. The number of rotatable bonds is 4. The smallest absolute Gasteiger partial charge is 0.154 e. The fourth-order valence-corrected chi connectivity index (χ4v) is 3.79. The molecule has 27 heavy (non-hydrogen) atoms. The first-order valence-corrected chi connectivity index (χ1v) is 9.76. The van der Waals surface area contributed by atoms with E-state index in [1.807, 2.05) is 18.3 Å². The minimum atomic E-state index is 0.396. The first-order valence-electron chi connectivity index (χ1n) is 9.76. The Morgan fingerprint density at radius 2 is 1.85 bits per heavy atom. The van der Waals surface area contributed by atoms with Crippen LogP contribution in [0.4, 0.5) is 17.3 Å². The lowest BCUT2D eigenvalue weighted by molar-refractivity contribution is 0.444. The summed E-state index contributed by atoms with van der Waals surface area (Å²) in [6.07, 6.45) is 9.73. The molecule has 3 aromatic rings. The van der Waals surface area contributed by atoms with Crippen LogP contribution in [-0.4, -0.2) is 20.2 Å². The van der Waals surface area contributed by atoms with Crippen LogP contribution in [0.5, 0.6) is 0 Å². The normalized spacial score (nSPS) is 15.4. The topological polar surface area (TPSA) is 89.6 Å². The number of anilines is 3. The van der Waals surface area contributed by atoms with Gasteiger partial charge >= 0.3 is 0 Å². The van der Waals surface area contributed by atoms with Crippen LogP contribution in [0.3, 0.4) is 0 Å². The molecule has 140 valence electrons. The van der Waals surface area contributed by atoms with Crippen LogP contribution >= 0.6 is 0 Å². The van der Waals surface area contributed by atoms with E-state index < -0.39 is 0 Å². The average Bonchev–Trinajstić information content (AvgIpc) is 2.68. The average molecular weight is 362 g/mol. The fraction of sp³-hybridized carbons (Fsp3) is 0.429. The van der Waals surface area contributed by atoms with E-state index in [1.54, 1.807) is 6.20 Å². The summed E-state index contributed by atoms with van der Waals surface area (Å²) in [5.74, 6) is 2.46. The second-order valence-electron chi connectivity index (χ2n) is 7.72. The van der Waals surface area contributed by atoms with Crippen molar-refractivity contribution in [3.05, 3.63) is 41.7 Å². The van der Waals surface area contributed by atoms with Gasteiger partial charge in [-0.25, -0.2) is 4.98 Å². The maximum Gasteiger partial charge on any atom is 0.154 e. The lowest BCUT2D eigenvalue weighted by Gasteiger charge is -2.24. The zero-order valence-electron chi connectivity index (χ0n) is 15.9. The van der Waals surface area contributed by atoms with E-state index in [2.05, 4.69) is 40.4 Å². The summed E-state index contributed by atoms with van der Waals surface area (Å²) in [6, 6.07) is 6.08. The van der Waals surface area contributed by atoms with Gasteiger partial charge in [0.2, 0.25) is 0 Å². The summed E-state index contributed by atoms with van der Waals surface area (Å²) in [6.45, 7) is 4.30. The Kier molecular flexibility index (Phi) is 4.88. The largest absolute Gasteiger partial charge is 0.397 e. The van der Waals surface area contributed by atoms with Crippen molar-refractivity contribution in [3.63, 3.8) is 0 Å². The van der Waals surface area contributed by atoms with Crippen molar-refractivity contribution in [2.75, 3.05) is 11.1 Å². The minimum absolute atomic E-state index is 0.396. The quantitative estimate of drug-likeness (QED) is 0.685. The Morgan fingerprint density at radius 3 is 2.63 bits per heavy atom. The lowest BCUT2D eigenvalue weighted by Crippen LogP contribution is -2.10. The third-order valence-electron chi connectivity index (χ3n) is 5.35. The van der Waals surface area contributed by atoms with Crippen LogP contribution in [0.25, 0.3) is 11.0 Å². The molecule has 1 aliphatic rings. The number of nitrogens with two attached hydrogens (primary N) is 1. The molecule has 1 aliphatic carbocycles. The summed E-state index contributed by atoms with van der Waals surface area (Å²) in [4.78, 5) is 9.34. The van der Waals surface area contributed by atoms with Gasteiger partial charge in [-0.15, -0.1) is 5.10 Å². The predicted octanol–water partition coefficient (Wildman–Crippen LogP) is 4.92. The molecule has 0 amide bonds. The van der Waals surface area contributed by atoms with Gasteiger partial charge in [0.05, 0.1) is 29.1 Å². The molecule has 1 fully saturated rings. The molecule has 0 bridgehead atoms. The molecule has 0 radical (unpaired) electrons. The maximum atomic E-state index is 5.92. The van der Waals surface area contributed by atoms with Crippen molar-refractivity contribution >= 4 is 28.4 Å². The van der Waals surface area contributed by atoms with Gasteiger partial charge in [-0.05, 0) is 48.4 Å². The Balaban J connectivity index is 1.77. The number of pyridine rings is 2. The zero-order valence-corrected chi connectivity index (χ0v) is 15.9. The standard InChI is InChI=1S/C21H26N6/c1-13(2)15-8-20(27-24-11-15)26-21-17(14-6-4-3-5-7-14)10-18-19(25-21)9-16(22)12-23-18/h8-14H,3-7,22H2,1-2H3,(H,25,26,27). The molecule has 0 saturated heterocycles. The van der Waals surface area contributed by atoms with E-state index in [0.717, 1.165) is 28.2 Å². The number of hydrogen-bond donors (Lipinski definition) is 2. The van der Waals surface area contributed by atoms with E-state index in [9.17, 15) is 0 Å². The number of hydrogen-bond acceptors (Lipinski definition) is 6. The molecule has 6 nitrogen and oxygen atoms in total. The van der Waals surface area contributed by atoms with Crippen molar-refractivity contribution in [1.82, 2.24) is 20.2 Å². The van der Waals surface area contributed by atoms with Gasteiger partial charge in [0, 0.05) is 5.56 Å². The third-order valence-corrected chi connectivity index (χ3v) is 5.35. The molecule has 4 rings (SSSR count). The summed E-state index contributed by atoms with van der Waals surface area (Å²) < 4.78 is 0. The number of fused-ring (bicyclic) bond motifs is 1. The van der Waals surface area contributed by atoms with Gasteiger partial charge in [0.25, 0.3) is 0 Å². The molecule has 0 unspecified atom stereocenters. The van der Waals surface area contributed by atoms with Crippen molar-refractivity contribution in [2.24, 2.45) is 0 Å². The van der Waals surface area contributed by atoms with E-state index >= 15 is 0 Å². The van der Waals surface area contributed by atoms with E-state index in [4.69, 9.17) is 10.7 Å². The summed E-state index contributed by atoms with van der Waals surface area (Å²) in [5.41, 5.74) is 10.6. The van der Waals surface area contributed by atoms with Gasteiger partial charge in [-0.1, -0.05) is 33.1 Å². The van der Waals surface area contributed by atoms with Crippen LogP contribution < -0.4 is 11.1 Å². The van der Waals surface area contributed by atoms with Gasteiger partial charge in [-0.3, -0.25) is 4.98 Å². The Morgan fingerprint density at radius 1 is 1.04 bits per heavy atom. The minimum Gasteiger partial charge on any atom is -0.397 e. The summed E-state index contributed by atoms with van der Waals surface area (Å²) in [7, 11) is 0. The number of nitrogens with one attached hydrogen (secondary N) is 1. The molecule has 3 aromatic heterocycles. The second kappa shape index (κ2) is 7.47. The van der Waals surface area contributed by atoms with Crippen LogP contribution in [0.2, 0.25) is 0 Å². The van der Waals surface area contributed by atoms with Crippen molar-refractivity contribution < 1.29 is 0 Å². The maximum absolute atomic E-state index is 5.92. The highest BCUT2D eigenvalue weighted by atomic mass is 15.2. The van der Waals surface area contributed by atoms with Gasteiger partial charge < -0.3 is 11.1 Å². The molecule has 3 heterocycles. The molecule has 0 spiro atoms. The molecule has 0 atom stereocenters. The van der Waals surface area contributed by atoms with Crippen LogP contribution in [0.1, 0.15) is 68.9 Å². The van der Waals surface area contributed by atoms with Crippen molar-refractivity contribution in [2.45, 2.75) is 57.8 Å². The van der Waals surface area contributed by atoms with Crippen molar-refractivity contribution in [3.8, 4) is 0 Å². The molecular weight excluding hydrogens is 336 g/mol. The van der Waals surface area contributed by atoms with E-state index in [1.165, 1.54) is 37.7 Å². The number of aromatic nitrogens is 4. The third kappa shape index (κ3) is 3.84. The van der Waals surface area contributed by atoms with Gasteiger partial charge in [0.15, 0.2) is 5.82 Å². The predicted molar refractivity (Wildman–Crippen MR) is 109 cm³/mol. The van der Waals surface area contributed by atoms with Crippen molar-refractivity contribution in [1.29, 1.82) is 0 Å². The van der Waals surface area contributed by atoms with E-state index in [0.29, 0.717) is 17.5 Å². The fourth-order valence-electron chi connectivity index (χ4n) is 3.79. The van der Waals surface area contributed by atoms with Crippen LogP contribution in [0.15, 0.2) is 30.6 Å². The molecule has 3 N–H and O–H groups in total. The monoisotopic (exact) mass is 362 g/mol. The molecular formula is C21H26N6. The van der Waals surface area contributed by atoms with Gasteiger partial charge in [0.1, 0.15) is 5.82 Å². The van der Waals surface area contributed by atoms with E-state index in [-0.39, 0.29) is 0 Å². The highest BCUT2D eigenvalue weighted by Crippen LogP contribution is 2.38. The lowest BCUT2D eigenvalue weighted by atomic mass is 9.84. The molecule has 6 heteroatoms. The second-order valence-corrected chi connectivity index (χ2v) is 7.72. The zero-order chi connectivity index (χ0) is 18.8. The number of nitrogens with zero attached hydrogens (tertiary/aromatic N) is 4. The first-order chi connectivity index (χ1) is 13.1. The Hall–Kier alpha value is -2.76. The highest BCUT2D eigenvalue weighted by molar-refractivity contribution is 5.81. The first kappa shape index (κ1) is 17.6. The SMILES string of the molecule is CC(C)c1cnnc(Nc2nc3cc(N)cnc3cc2C2CCCCC2)c1. The molecule has 0 aromatic carbocycles. The van der Waals surface area contributed by atoms with Crippen LogP contribution in [0, 0.1) is 0 Å². The van der Waals surface area contributed by atoms with Crippen LogP contribution in [-0.2, 0) is 0 Å². The highest BCUT2D eigenvalue weighted by Gasteiger charge is 2.21. The summed E-state index contributed by atoms with van der Waals surface area (Å²) >= 11 is 0. The molecule has 0 aliphatic heterocycles. The Labute approximate surface area is 159 Å². The Bertz CT molecular complexity index is 947.